The number of carbonyl (C=O) groups excluding carboxylic acids is 1. The van der Waals surface area contributed by atoms with E-state index in [1.54, 1.807) is 20.4 Å². The second-order valence-electron chi connectivity index (χ2n) is 6.20. The molecule has 3 aromatic rings. The summed E-state index contributed by atoms with van der Waals surface area (Å²) in [7, 11) is 5.15. The van der Waals surface area contributed by atoms with Crippen molar-refractivity contribution in [3.63, 3.8) is 0 Å². The highest BCUT2D eigenvalue weighted by atomic mass is 16.5. The van der Waals surface area contributed by atoms with E-state index in [-0.39, 0.29) is 18.4 Å². The molecule has 1 heterocycles. The molecule has 0 radical (unpaired) electrons. The van der Waals surface area contributed by atoms with Gasteiger partial charge in [0.25, 0.3) is 0 Å². The Labute approximate surface area is 158 Å². The molecule has 0 aliphatic heterocycles. The molecule has 0 spiro atoms. The minimum atomic E-state index is -0.353. The number of rotatable bonds is 7. The lowest BCUT2D eigenvalue weighted by atomic mass is 10.0. The normalized spacial score (nSPS) is 11.7. The zero-order valence-corrected chi connectivity index (χ0v) is 15.7. The largest absolute Gasteiger partial charge is 0.497 e. The Balaban J connectivity index is 1.82. The van der Waals surface area contributed by atoms with E-state index >= 15 is 0 Å². The number of hydrogen-bond acceptors (Lipinski definition) is 4. The van der Waals surface area contributed by atoms with Crippen LogP contribution in [0.3, 0.4) is 0 Å². The van der Waals surface area contributed by atoms with Crippen LogP contribution in [0.2, 0.25) is 0 Å². The number of aryl methyl sites for hydroxylation is 1. The van der Waals surface area contributed by atoms with Crippen molar-refractivity contribution in [3.8, 4) is 11.5 Å². The van der Waals surface area contributed by atoms with Crippen LogP contribution in [0.1, 0.15) is 23.0 Å². The first kappa shape index (κ1) is 18.5. The van der Waals surface area contributed by atoms with Gasteiger partial charge in [-0.1, -0.05) is 24.3 Å². The van der Waals surface area contributed by atoms with E-state index in [2.05, 4.69) is 10.3 Å². The number of imidazole rings is 1. The number of nitrogens with one attached hydrogen (secondary N) is 1. The van der Waals surface area contributed by atoms with Crippen LogP contribution in [0.4, 0.5) is 0 Å². The van der Waals surface area contributed by atoms with E-state index in [4.69, 9.17) is 9.47 Å². The minimum absolute atomic E-state index is 0.0907. The summed E-state index contributed by atoms with van der Waals surface area (Å²) < 4.78 is 12.4. The van der Waals surface area contributed by atoms with Crippen molar-refractivity contribution in [2.75, 3.05) is 14.2 Å². The van der Waals surface area contributed by atoms with Crippen molar-refractivity contribution >= 4 is 5.91 Å². The molecule has 1 aromatic heterocycles. The van der Waals surface area contributed by atoms with Crippen LogP contribution in [0, 0.1) is 0 Å². The molecule has 27 heavy (non-hydrogen) atoms. The number of aromatic nitrogens is 2. The van der Waals surface area contributed by atoms with Crippen molar-refractivity contribution in [3.05, 3.63) is 77.9 Å². The first-order valence-corrected chi connectivity index (χ1v) is 8.64. The summed E-state index contributed by atoms with van der Waals surface area (Å²) in [6.45, 7) is 0. The van der Waals surface area contributed by atoms with Gasteiger partial charge in [-0.15, -0.1) is 0 Å². The van der Waals surface area contributed by atoms with Crippen LogP contribution >= 0.6 is 0 Å². The van der Waals surface area contributed by atoms with Gasteiger partial charge in [0.1, 0.15) is 23.4 Å². The second kappa shape index (κ2) is 8.40. The third-order valence-corrected chi connectivity index (χ3v) is 4.37. The van der Waals surface area contributed by atoms with E-state index in [1.165, 1.54) is 0 Å². The van der Waals surface area contributed by atoms with Gasteiger partial charge in [0.15, 0.2) is 0 Å². The number of methoxy groups -OCH3 is 2. The van der Waals surface area contributed by atoms with Crippen LogP contribution < -0.4 is 14.8 Å². The van der Waals surface area contributed by atoms with E-state index in [9.17, 15) is 4.79 Å². The molecule has 2 aromatic carbocycles. The molecule has 6 nitrogen and oxygen atoms in total. The van der Waals surface area contributed by atoms with Crippen molar-refractivity contribution in [2.45, 2.75) is 12.5 Å². The maximum Gasteiger partial charge on any atom is 0.225 e. The Morgan fingerprint density at radius 2 is 1.85 bits per heavy atom. The Kier molecular flexibility index (Phi) is 5.76. The summed E-state index contributed by atoms with van der Waals surface area (Å²) in [5, 5.41) is 3.10. The maximum absolute atomic E-state index is 12.7. The third-order valence-electron chi connectivity index (χ3n) is 4.37. The minimum Gasteiger partial charge on any atom is -0.497 e. The molecule has 1 N–H and O–H groups in total. The Bertz CT molecular complexity index is 903. The van der Waals surface area contributed by atoms with E-state index in [0.717, 1.165) is 28.5 Å². The van der Waals surface area contributed by atoms with Gasteiger partial charge in [-0.3, -0.25) is 4.79 Å². The number of amides is 1. The van der Waals surface area contributed by atoms with Crippen LogP contribution in [-0.4, -0.2) is 29.7 Å². The van der Waals surface area contributed by atoms with E-state index < -0.39 is 0 Å². The molecule has 3 rings (SSSR count). The summed E-state index contributed by atoms with van der Waals surface area (Å²) in [6, 6.07) is 14.8. The molecule has 1 atom stereocenters. The monoisotopic (exact) mass is 365 g/mol. The van der Waals surface area contributed by atoms with Crippen LogP contribution in [0.5, 0.6) is 11.5 Å². The van der Waals surface area contributed by atoms with Gasteiger partial charge in [0.2, 0.25) is 5.91 Å². The van der Waals surface area contributed by atoms with Crippen LogP contribution in [0.25, 0.3) is 0 Å². The average Bonchev–Trinajstić information content (AvgIpc) is 3.12. The fraction of sp³-hybridized carbons (Fsp3) is 0.238. The van der Waals surface area contributed by atoms with Gasteiger partial charge in [-0.25, -0.2) is 4.98 Å². The summed E-state index contributed by atoms with van der Waals surface area (Å²) in [6.07, 6.45) is 3.84. The van der Waals surface area contributed by atoms with Crippen molar-refractivity contribution in [2.24, 2.45) is 7.05 Å². The molecular weight excluding hydrogens is 342 g/mol. The number of hydrogen-bond donors (Lipinski definition) is 1. The fourth-order valence-electron chi connectivity index (χ4n) is 2.93. The molecule has 0 bridgehead atoms. The first-order valence-electron chi connectivity index (χ1n) is 8.64. The fourth-order valence-corrected chi connectivity index (χ4v) is 2.93. The zero-order valence-electron chi connectivity index (χ0n) is 15.7. The molecule has 0 aliphatic rings. The smallest absolute Gasteiger partial charge is 0.225 e. The van der Waals surface area contributed by atoms with Gasteiger partial charge in [-0.2, -0.15) is 0 Å². The standard InChI is InChI=1S/C21H23N3O3/c1-24-12-11-22-21(24)20(16-7-9-17(26-2)10-8-16)23-19(25)14-15-5-4-6-18(13-15)27-3/h4-13,20H,14H2,1-3H3,(H,23,25). The van der Waals surface area contributed by atoms with Crippen LogP contribution in [-0.2, 0) is 18.3 Å². The highest BCUT2D eigenvalue weighted by Gasteiger charge is 2.21. The van der Waals surface area contributed by atoms with Crippen molar-refractivity contribution in [1.29, 1.82) is 0 Å². The van der Waals surface area contributed by atoms with E-state index in [1.807, 2.05) is 66.3 Å². The quantitative estimate of drug-likeness (QED) is 0.699. The topological polar surface area (TPSA) is 65.4 Å². The number of ether oxygens (including phenoxy) is 2. The van der Waals surface area contributed by atoms with Gasteiger partial charge >= 0.3 is 0 Å². The maximum atomic E-state index is 12.7. The molecular formula is C21H23N3O3. The summed E-state index contributed by atoms with van der Waals surface area (Å²) in [5.41, 5.74) is 1.82. The van der Waals surface area contributed by atoms with Gasteiger partial charge in [0.05, 0.1) is 20.6 Å². The van der Waals surface area contributed by atoms with E-state index in [0.29, 0.717) is 0 Å². The number of nitrogens with zero attached hydrogens (tertiary/aromatic N) is 2. The Morgan fingerprint density at radius 1 is 1.11 bits per heavy atom. The second-order valence-corrected chi connectivity index (χ2v) is 6.20. The van der Waals surface area contributed by atoms with Crippen molar-refractivity contribution in [1.82, 2.24) is 14.9 Å². The third kappa shape index (κ3) is 4.47. The molecule has 0 aliphatic carbocycles. The molecule has 0 saturated heterocycles. The molecule has 1 unspecified atom stereocenters. The lowest BCUT2D eigenvalue weighted by Crippen LogP contribution is -2.32. The molecule has 6 heteroatoms. The lowest BCUT2D eigenvalue weighted by molar-refractivity contribution is -0.121. The molecule has 1 amide bonds. The van der Waals surface area contributed by atoms with Crippen molar-refractivity contribution < 1.29 is 14.3 Å². The summed E-state index contributed by atoms with van der Waals surface area (Å²) >= 11 is 0. The highest BCUT2D eigenvalue weighted by molar-refractivity contribution is 5.79. The molecule has 0 fully saturated rings. The first-order chi connectivity index (χ1) is 13.1. The average molecular weight is 365 g/mol. The summed E-state index contributed by atoms with van der Waals surface area (Å²) in [5.74, 6) is 2.17. The molecule has 140 valence electrons. The SMILES string of the molecule is COc1ccc(C(NC(=O)Cc2cccc(OC)c2)c2nccn2C)cc1. The lowest BCUT2D eigenvalue weighted by Gasteiger charge is -2.19. The van der Waals surface area contributed by atoms with Gasteiger partial charge in [0, 0.05) is 19.4 Å². The highest BCUT2D eigenvalue weighted by Crippen LogP contribution is 2.23. The van der Waals surface area contributed by atoms with Gasteiger partial charge < -0.3 is 19.4 Å². The van der Waals surface area contributed by atoms with Crippen LogP contribution in [0.15, 0.2) is 60.9 Å². The Morgan fingerprint density at radius 3 is 2.48 bits per heavy atom. The number of carbonyl (C=O) groups is 1. The predicted molar refractivity (Wildman–Crippen MR) is 103 cm³/mol. The Hall–Kier alpha value is -3.28. The number of benzene rings is 2. The van der Waals surface area contributed by atoms with Gasteiger partial charge in [-0.05, 0) is 35.4 Å². The molecule has 0 saturated carbocycles. The summed E-state index contributed by atoms with van der Waals surface area (Å²) in [4.78, 5) is 17.1. The zero-order chi connectivity index (χ0) is 19.2. The predicted octanol–water partition coefficient (Wildman–Crippen LogP) is 2.89.